The topological polar surface area (TPSA) is 82.2 Å². The highest BCUT2D eigenvalue weighted by Gasteiger charge is 2.56. The second kappa shape index (κ2) is 9.54. The van der Waals surface area contributed by atoms with Crippen LogP contribution in [0.4, 0.5) is 4.79 Å². The molecule has 0 radical (unpaired) electrons. The van der Waals surface area contributed by atoms with Crippen LogP contribution in [0.5, 0.6) is 0 Å². The number of hydrogen-bond acceptors (Lipinski definition) is 6. The van der Waals surface area contributed by atoms with Crippen molar-refractivity contribution in [3.63, 3.8) is 0 Å². The third-order valence-corrected chi connectivity index (χ3v) is 6.14. The summed E-state index contributed by atoms with van der Waals surface area (Å²) in [4.78, 5) is 39.1. The molecule has 2 amide bonds. The summed E-state index contributed by atoms with van der Waals surface area (Å²) in [6.07, 6.45) is 7.32. The summed E-state index contributed by atoms with van der Waals surface area (Å²) < 4.78 is 5.29. The predicted molar refractivity (Wildman–Crippen MR) is 104 cm³/mol. The van der Waals surface area contributed by atoms with Gasteiger partial charge in [0.1, 0.15) is 5.94 Å². The van der Waals surface area contributed by atoms with Gasteiger partial charge in [-0.1, -0.05) is 6.42 Å². The summed E-state index contributed by atoms with van der Waals surface area (Å²) >= 11 is 0. The van der Waals surface area contributed by atoms with Gasteiger partial charge in [-0.15, -0.1) is 0 Å². The predicted octanol–water partition coefficient (Wildman–Crippen LogP) is 1.20. The van der Waals surface area contributed by atoms with Crippen molar-refractivity contribution >= 4 is 17.9 Å². The number of carbonyl (C=O) groups is 2. The van der Waals surface area contributed by atoms with E-state index < -0.39 is 11.5 Å². The third-order valence-electron chi connectivity index (χ3n) is 6.14. The van der Waals surface area contributed by atoms with E-state index in [0.29, 0.717) is 12.5 Å². The fraction of sp³-hybridized carbons (Fsp3) is 0.800. The van der Waals surface area contributed by atoms with Crippen LogP contribution in [-0.4, -0.2) is 84.3 Å². The molecule has 0 aromatic heterocycles. The summed E-state index contributed by atoms with van der Waals surface area (Å²) in [6, 6.07) is -0.213. The molecule has 3 rings (SSSR count). The molecule has 3 fully saturated rings. The first-order valence-electron chi connectivity index (χ1n) is 10.6. The SMILES string of the molecule is CCOC(=O)C1(C=C=O)CN(N2CCCCC2)C(=O)N1CCC1CCNCC1. The Morgan fingerprint density at radius 3 is 2.64 bits per heavy atom. The summed E-state index contributed by atoms with van der Waals surface area (Å²) in [5.74, 6) is 1.74. The maximum Gasteiger partial charge on any atom is 0.338 e. The van der Waals surface area contributed by atoms with Gasteiger partial charge in [-0.3, -0.25) is 5.01 Å². The summed E-state index contributed by atoms with van der Waals surface area (Å²) in [5.41, 5.74) is -1.39. The van der Waals surface area contributed by atoms with Gasteiger partial charge in [0.05, 0.1) is 13.2 Å². The molecular weight excluding hydrogens is 360 g/mol. The standard InChI is InChI=1S/C20H32N4O4/c1-2-28-18(26)20(9-15-25)16-24(22-12-4-3-5-13-22)19(27)23(20)14-8-17-6-10-21-11-7-17/h9,17,21H,2-8,10-14,16H2,1H3. The molecule has 1 unspecified atom stereocenters. The molecule has 3 saturated heterocycles. The average molecular weight is 393 g/mol. The van der Waals surface area contributed by atoms with Crippen molar-refractivity contribution < 1.29 is 19.1 Å². The number of carbonyl (C=O) groups excluding carboxylic acids is 3. The largest absolute Gasteiger partial charge is 0.464 e. The smallest absolute Gasteiger partial charge is 0.338 e. The molecule has 8 nitrogen and oxygen atoms in total. The number of nitrogens with zero attached hydrogens (tertiary/aromatic N) is 3. The first kappa shape index (κ1) is 20.8. The molecule has 0 aliphatic carbocycles. The Hall–Kier alpha value is -1.89. The highest BCUT2D eigenvalue weighted by molar-refractivity contribution is 5.94. The second-order valence-electron chi connectivity index (χ2n) is 7.90. The van der Waals surface area contributed by atoms with Crippen molar-refractivity contribution in [3.05, 3.63) is 6.08 Å². The minimum atomic E-state index is -1.39. The van der Waals surface area contributed by atoms with Gasteiger partial charge in [0, 0.05) is 25.7 Å². The fourth-order valence-corrected chi connectivity index (χ4v) is 4.52. The van der Waals surface area contributed by atoms with Crippen LogP contribution in [0.3, 0.4) is 0 Å². The van der Waals surface area contributed by atoms with Crippen molar-refractivity contribution in [2.45, 2.75) is 51.0 Å². The molecule has 0 saturated carbocycles. The quantitative estimate of drug-likeness (QED) is 0.518. The van der Waals surface area contributed by atoms with Crippen molar-refractivity contribution in [2.24, 2.45) is 5.92 Å². The maximum absolute atomic E-state index is 13.3. The van der Waals surface area contributed by atoms with Gasteiger partial charge in [-0.05, 0) is 58.0 Å². The van der Waals surface area contributed by atoms with Crippen LogP contribution in [0.25, 0.3) is 0 Å². The summed E-state index contributed by atoms with van der Waals surface area (Å²) in [6.45, 7) is 6.03. The second-order valence-corrected chi connectivity index (χ2v) is 7.90. The van der Waals surface area contributed by atoms with Crippen molar-refractivity contribution in [3.8, 4) is 0 Å². The Morgan fingerprint density at radius 2 is 2.00 bits per heavy atom. The Bertz CT molecular complexity index is 609. The summed E-state index contributed by atoms with van der Waals surface area (Å²) in [7, 11) is 0. The molecule has 0 bridgehead atoms. The molecule has 8 heteroatoms. The number of rotatable bonds is 7. The molecule has 3 aliphatic heterocycles. The van der Waals surface area contributed by atoms with Gasteiger partial charge < -0.3 is 15.0 Å². The van der Waals surface area contributed by atoms with Crippen LogP contribution in [0.2, 0.25) is 0 Å². The molecule has 0 aromatic carbocycles. The zero-order chi connectivity index (χ0) is 20.0. The van der Waals surface area contributed by atoms with Crippen molar-refractivity contribution in [1.82, 2.24) is 20.2 Å². The van der Waals surface area contributed by atoms with E-state index in [1.165, 1.54) is 6.08 Å². The van der Waals surface area contributed by atoms with E-state index in [-0.39, 0.29) is 19.2 Å². The number of hydrazine groups is 1. The molecule has 1 N–H and O–H groups in total. The van der Waals surface area contributed by atoms with Gasteiger partial charge >= 0.3 is 12.0 Å². The van der Waals surface area contributed by atoms with Crippen LogP contribution < -0.4 is 5.32 Å². The number of piperidine rings is 2. The number of nitrogens with one attached hydrogen (secondary N) is 1. The molecular formula is C20H32N4O4. The Kier molecular flexibility index (Phi) is 7.10. The van der Waals surface area contributed by atoms with E-state index in [1.807, 2.05) is 5.01 Å². The maximum atomic E-state index is 13.3. The molecule has 28 heavy (non-hydrogen) atoms. The van der Waals surface area contributed by atoms with Crippen LogP contribution in [0.1, 0.15) is 45.4 Å². The number of amides is 2. The van der Waals surface area contributed by atoms with E-state index in [9.17, 15) is 14.4 Å². The van der Waals surface area contributed by atoms with Crippen LogP contribution in [0, 0.1) is 5.92 Å². The van der Waals surface area contributed by atoms with Crippen molar-refractivity contribution in [1.29, 1.82) is 0 Å². The fourth-order valence-electron chi connectivity index (χ4n) is 4.52. The molecule has 0 aromatic rings. The molecule has 3 heterocycles. The number of urea groups is 1. The highest BCUT2D eigenvalue weighted by Crippen LogP contribution is 2.33. The Balaban J connectivity index is 1.83. The van der Waals surface area contributed by atoms with Gasteiger partial charge in [-0.25, -0.2) is 19.4 Å². The first-order valence-corrected chi connectivity index (χ1v) is 10.6. The van der Waals surface area contributed by atoms with E-state index in [4.69, 9.17) is 4.74 Å². The zero-order valence-corrected chi connectivity index (χ0v) is 16.8. The lowest BCUT2D eigenvalue weighted by Crippen LogP contribution is -2.53. The third kappa shape index (κ3) is 4.24. The van der Waals surface area contributed by atoms with Crippen LogP contribution in [-0.2, 0) is 14.3 Å². The Labute approximate surface area is 166 Å². The zero-order valence-electron chi connectivity index (χ0n) is 16.8. The molecule has 3 aliphatic rings. The minimum absolute atomic E-state index is 0.117. The number of esters is 1. The van der Waals surface area contributed by atoms with E-state index in [0.717, 1.165) is 64.7 Å². The lowest BCUT2D eigenvalue weighted by molar-refractivity contribution is -0.152. The lowest BCUT2D eigenvalue weighted by Gasteiger charge is -2.34. The number of hydrogen-bond donors (Lipinski definition) is 1. The van der Waals surface area contributed by atoms with Gasteiger partial charge in [-0.2, -0.15) is 0 Å². The minimum Gasteiger partial charge on any atom is -0.464 e. The van der Waals surface area contributed by atoms with Gasteiger partial charge in [0.25, 0.3) is 0 Å². The van der Waals surface area contributed by atoms with E-state index in [1.54, 1.807) is 22.8 Å². The Morgan fingerprint density at radius 1 is 1.29 bits per heavy atom. The average Bonchev–Trinajstić information content (AvgIpc) is 3.01. The molecule has 1 atom stereocenters. The van der Waals surface area contributed by atoms with E-state index in [2.05, 4.69) is 5.32 Å². The number of ether oxygens (including phenoxy) is 1. The van der Waals surface area contributed by atoms with Gasteiger partial charge in [0.2, 0.25) is 0 Å². The monoisotopic (exact) mass is 392 g/mol. The normalized spacial score (nSPS) is 27.0. The van der Waals surface area contributed by atoms with Crippen LogP contribution >= 0.6 is 0 Å². The van der Waals surface area contributed by atoms with Crippen molar-refractivity contribution in [2.75, 3.05) is 45.9 Å². The highest BCUT2D eigenvalue weighted by atomic mass is 16.5. The summed E-state index contributed by atoms with van der Waals surface area (Å²) in [5, 5.41) is 7.01. The van der Waals surface area contributed by atoms with Crippen LogP contribution in [0.15, 0.2) is 6.08 Å². The first-order chi connectivity index (χ1) is 13.6. The van der Waals surface area contributed by atoms with E-state index >= 15 is 0 Å². The van der Waals surface area contributed by atoms with Gasteiger partial charge in [0.15, 0.2) is 5.54 Å². The molecule has 0 spiro atoms. The molecule has 156 valence electrons. The lowest BCUT2D eigenvalue weighted by atomic mass is 9.93.